The summed E-state index contributed by atoms with van der Waals surface area (Å²) in [5, 5.41) is 17.0. The van der Waals surface area contributed by atoms with E-state index in [4.69, 9.17) is 9.47 Å². The molecular formula is C94H93N9O9. The van der Waals surface area contributed by atoms with Crippen LogP contribution in [0.15, 0.2) is 313 Å². The Morgan fingerprint density at radius 2 is 0.911 bits per heavy atom. The van der Waals surface area contributed by atoms with Crippen LogP contribution in [0.1, 0.15) is 162 Å². The van der Waals surface area contributed by atoms with Crippen LogP contribution in [0.4, 0.5) is 0 Å². The van der Waals surface area contributed by atoms with Crippen molar-refractivity contribution in [2.75, 3.05) is 54.7 Å². The molecule has 18 heteroatoms. The Hall–Kier alpha value is -13.0. The van der Waals surface area contributed by atoms with Crippen LogP contribution < -0.4 is 40.8 Å². The summed E-state index contributed by atoms with van der Waals surface area (Å²) in [5.41, 5.74) is 11.8. The highest BCUT2D eigenvalue weighted by molar-refractivity contribution is 5.98. The van der Waals surface area contributed by atoms with Crippen LogP contribution in [0.5, 0.6) is 17.2 Å². The molecule has 5 aliphatic rings. The van der Waals surface area contributed by atoms with Crippen molar-refractivity contribution in [2.24, 2.45) is 0 Å². The molecule has 8 aromatic carbocycles. The Morgan fingerprint density at radius 1 is 0.438 bits per heavy atom. The van der Waals surface area contributed by atoms with Crippen LogP contribution in [-0.4, -0.2) is 91.2 Å². The number of pyridine rings is 3. The highest BCUT2D eigenvalue weighted by Gasteiger charge is 2.41. The predicted molar refractivity (Wildman–Crippen MR) is 439 cm³/mol. The number of aromatic hydroxyl groups is 1. The Bertz CT molecular complexity index is 5340. The lowest BCUT2D eigenvalue weighted by Crippen LogP contribution is -2.56. The van der Waals surface area contributed by atoms with E-state index < -0.39 is 11.2 Å². The number of aryl methyl sites for hydroxylation is 3. The third-order valence-electron chi connectivity index (χ3n) is 21.3. The molecule has 4 bridgehead atoms. The van der Waals surface area contributed by atoms with Crippen molar-refractivity contribution >= 4 is 17.7 Å². The standard InChI is InChI=1S/C35H35N3O3.C33H31N3O3.C26H27N3O3/c1-3-5-17-28-18-13-14-21-30(28)32(29-19-11-8-12-20-29)38-26-36(23-6-4-2)35(40)33-34(31(39)22-24-37(33)38)41-25-27-15-9-7-10-16-27;37-29-20-22-35-31(32(29)39-23-25-13-5-3-6-14-25)33(38)34-21-12-2-1-7-15-26-16-10-11-19-28(26)30(36(35)24-34)27-17-8-4-9-18-27;30-22-15-17-28-24(25(22)31)26(32)27-16-9-2-1-4-10-19-11-7-8-14-21(19)23(29(28)18-27)20-12-5-3-6-13-20/h3-4,7-16,18-22,24,32H,1-2,5-6,17,23,25-26H2;1-6,8-11,13-14,16-20,22,30H,7,12,15,21,23-24H2;3,5-8,11-15,17,23,31H,1-2,4,9-10,16,18H2. The van der Waals surface area contributed by atoms with Crippen molar-refractivity contribution < 1.29 is 29.0 Å². The largest absolute Gasteiger partial charge is 0.502 e. The van der Waals surface area contributed by atoms with Gasteiger partial charge < -0.3 is 29.3 Å². The van der Waals surface area contributed by atoms with Crippen molar-refractivity contribution in [3.63, 3.8) is 0 Å². The average molecular weight is 1490 g/mol. The van der Waals surface area contributed by atoms with Gasteiger partial charge in [-0.2, -0.15) is 0 Å². The molecule has 112 heavy (non-hydrogen) atoms. The summed E-state index contributed by atoms with van der Waals surface area (Å²) in [6.45, 7) is 10.9. The zero-order chi connectivity index (χ0) is 77.3. The van der Waals surface area contributed by atoms with E-state index in [1.165, 1.54) is 46.0 Å². The summed E-state index contributed by atoms with van der Waals surface area (Å²) in [4.78, 5) is 85.2. The van der Waals surface area contributed by atoms with E-state index in [1.807, 2.05) is 142 Å². The maximum atomic E-state index is 14.0. The Morgan fingerprint density at radius 3 is 1.51 bits per heavy atom. The first-order valence-corrected chi connectivity index (χ1v) is 38.7. The maximum Gasteiger partial charge on any atom is 0.277 e. The Balaban J connectivity index is 0.000000141. The highest BCUT2D eigenvalue weighted by Crippen LogP contribution is 2.39. The number of nitrogens with zero attached hydrogens (tertiary/aromatic N) is 9. The summed E-state index contributed by atoms with van der Waals surface area (Å²) < 4.78 is 17.6. The topological polar surface area (TPSA) is 175 Å². The predicted octanol–water partition coefficient (Wildman–Crippen LogP) is 15.5. The summed E-state index contributed by atoms with van der Waals surface area (Å²) in [6.07, 6.45) is 23.2. The highest BCUT2D eigenvalue weighted by atomic mass is 16.5. The van der Waals surface area contributed by atoms with Gasteiger partial charge in [0, 0.05) is 56.4 Å². The minimum absolute atomic E-state index is 0.0409. The third-order valence-corrected chi connectivity index (χ3v) is 21.3. The molecule has 1 N–H and O–H groups in total. The van der Waals surface area contributed by atoms with E-state index in [0.717, 1.165) is 97.6 Å². The van der Waals surface area contributed by atoms with E-state index in [-0.39, 0.29) is 88.5 Å². The van der Waals surface area contributed by atoms with Gasteiger partial charge in [-0.05, 0) is 119 Å². The van der Waals surface area contributed by atoms with Gasteiger partial charge in [-0.15, -0.1) is 13.2 Å². The molecule has 0 aliphatic carbocycles. The number of ether oxygens (including phenoxy) is 2. The maximum absolute atomic E-state index is 14.0. The number of rotatable bonds is 17. The molecule has 3 unspecified atom stereocenters. The van der Waals surface area contributed by atoms with Crippen molar-refractivity contribution in [2.45, 2.75) is 102 Å². The minimum Gasteiger partial charge on any atom is -0.502 e. The Kier molecular flexibility index (Phi) is 24.4. The zero-order valence-corrected chi connectivity index (χ0v) is 63.0. The van der Waals surface area contributed by atoms with Gasteiger partial charge >= 0.3 is 0 Å². The van der Waals surface area contributed by atoms with E-state index in [0.29, 0.717) is 46.1 Å². The molecule has 11 aromatic rings. The monoisotopic (exact) mass is 1490 g/mol. The smallest absolute Gasteiger partial charge is 0.277 e. The number of amides is 3. The fraction of sp³-hybridized carbons (Fsp3) is 0.234. The molecule has 0 saturated heterocycles. The molecule has 3 atom stereocenters. The molecule has 0 spiro atoms. The summed E-state index contributed by atoms with van der Waals surface area (Å²) in [5.74, 6) is -1.08. The molecule has 8 heterocycles. The summed E-state index contributed by atoms with van der Waals surface area (Å²) in [7, 11) is 0. The normalized spacial score (nSPS) is 16.2. The number of allylic oxidation sites excluding steroid dienone is 2. The van der Waals surface area contributed by atoms with Gasteiger partial charge in [0.1, 0.15) is 33.2 Å². The molecular weight excluding hydrogens is 1400 g/mol. The molecule has 568 valence electrons. The van der Waals surface area contributed by atoms with Crippen molar-refractivity contribution in [3.05, 3.63) is 408 Å². The van der Waals surface area contributed by atoms with Gasteiger partial charge in [0.05, 0.1) is 18.1 Å². The Labute approximate surface area is 653 Å². The minimum atomic E-state index is -0.538. The van der Waals surface area contributed by atoms with Gasteiger partial charge in [0.25, 0.3) is 17.7 Å². The molecule has 3 aromatic heterocycles. The van der Waals surface area contributed by atoms with Gasteiger partial charge in [0.2, 0.25) is 16.3 Å². The number of carbonyl (C=O) groups is 3. The SMILES string of the molecule is C=CCCc1ccccc1C(c1ccccc1)N1CN(CCC=C)C(=O)c2c(OCc3ccccc3)c(=O)ccn21.O=C1c2c(O)c(=O)ccn2N2CN1CCCCCCc1ccccc1C2c1ccccc1.O=C1c2c(OCc3ccccc3)c(=O)ccn2N2CN1CCC=CCCc1ccccc1C2c1ccccc1. The average Bonchev–Trinajstić information content (AvgIpc) is 0.760. The first-order chi connectivity index (χ1) is 55.0. The van der Waals surface area contributed by atoms with Crippen LogP contribution in [-0.2, 0) is 32.5 Å². The van der Waals surface area contributed by atoms with Crippen LogP contribution in [0.25, 0.3) is 0 Å². The van der Waals surface area contributed by atoms with Crippen LogP contribution in [0, 0.1) is 0 Å². The third kappa shape index (κ3) is 16.8. The van der Waals surface area contributed by atoms with Gasteiger partial charge in [0.15, 0.2) is 34.3 Å². The lowest BCUT2D eigenvalue weighted by molar-refractivity contribution is 0.0669. The fourth-order valence-corrected chi connectivity index (χ4v) is 15.7. The van der Waals surface area contributed by atoms with Crippen LogP contribution >= 0.6 is 0 Å². The molecule has 16 rings (SSSR count). The zero-order valence-electron chi connectivity index (χ0n) is 63.0. The second-order valence-electron chi connectivity index (χ2n) is 28.5. The van der Waals surface area contributed by atoms with Gasteiger partial charge in [-0.1, -0.05) is 262 Å². The molecule has 18 nitrogen and oxygen atoms in total. The van der Waals surface area contributed by atoms with Crippen molar-refractivity contribution in [1.82, 2.24) is 28.7 Å². The first-order valence-electron chi connectivity index (χ1n) is 38.7. The summed E-state index contributed by atoms with van der Waals surface area (Å²) >= 11 is 0. The molecule has 5 aliphatic heterocycles. The number of fused-ring (bicyclic) bond motifs is 11. The molecule has 0 saturated carbocycles. The number of carbonyl (C=O) groups excluding carboxylic acids is 3. The molecule has 0 radical (unpaired) electrons. The first kappa shape index (κ1) is 75.8. The summed E-state index contributed by atoms with van der Waals surface area (Å²) in [6, 6.07) is 79.3. The van der Waals surface area contributed by atoms with Crippen LogP contribution in [0.3, 0.4) is 0 Å². The van der Waals surface area contributed by atoms with E-state index >= 15 is 0 Å². The molecule has 0 fully saturated rings. The van der Waals surface area contributed by atoms with Crippen LogP contribution in [0.2, 0.25) is 0 Å². The van der Waals surface area contributed by atoms with Crippen molar-refractivity contribution in [1.29, 1.82) is 0 Å². The molecule has 3 amide bonds. The lowest BCUT2D eigenvalue weighted by atomic mass is 9.91. The number of benzene rings is 8. The fourth-order valence-electron chi connectivity index (χ4n) is 15.7. The second kappa shape index (κ2) is 36.0. The second-order valence-corrected chi connectivity index (χ2v) is 28.5. The lowest BCUT2D eigenvalue weighted by Gasteiger charge is -2.44. The van der Waals surface area contributed by atoms with E-state index in [9.17, 15) is 33.9 Å². The van der Waals surface area contributed by atoms with Gasteiger partial charge in [-0.3, -0.25) is 57.8 Å². The number of hydrogen-bond acceptors (Lipinski definition) is 12. The number of hydrogen-bond donors (Lipinski definition) is 1. The van der Waals surface area contributed by atoms with E-state index in [1.54, 1.807) is 39.1 Å². The van der Waals surface area contributed by atoms with E-state index in [2.05, 4.69) is 143 Å². The van der Waals surface area contributed by atoms with Crippen molar-refractivity contribution in [3.8, 4) is 17.2 Å². The quantitative estimate of drug-likeness (QED) is 0.0855. The van der Waals surface area contributed by atoms with Gasteiger partial charge in [-0.25, -0.2) is 0 Å². The number of aromatic nitrogens is 3.